The fraction of sp³-hybridized carbons (Fsp3) is 0. The van der Waals surface area contributed by atoms with Crippen LogP contribution in [0.4, 0.5) is 8.78 Å². The van der Waals surface area contributed by atoms with Crippen molar-refractivity contribution in [3.63, 3.8) is 0 Å². The van der Waals surface area contributed by atoms with Gasteiger partial charge in [0, 0.05) is 10.9 Å². The lowest BCUT2D eigenvalue weighted by atomic mass is 10.0. The zero-order chi connectivity index (χ0) is 19.7. The lowest BCUT2D eigenvalue weighted by Crippen LogP contribution is -2.00. The highest BCUT2D eigenvalue weighted by Gasteiger charge is 2.14. The molecule has 4 aromatic rings. The third-order valence-corrected chi connectivity index (χ3v) is 4.22. The molecule has 1 heterocycles. The molecule has 4 rings (SSSR count). The summed E-state index contributed by atoms with van der Waals surface area (Å²) in [6, 6.07) is 18.0. The summed E-state index contributed by atoms with van der Waals surface area (Å²) >= 11 is 0. The number of hydrogen-bond acceptors (Lipinski definition) is 3. The van der Waals surface area contributed by atoms with Gasteiger partial charge in [-0.2, -0.15) is 0 Å². The minimum absolute atomic E-state index is 0.0359. The van der Waals surface area contributed by atoms with Gasteiger partial charge in [0.15, 0.2) is 11.6 Å². The van der Waals surface area contributed by atoms with Crippen molar-refractivity contribution in [2.75, 3.05) is 0 Å². The monoisotopic (exact) mass is 377 g/mol. The second kappa shape index (κ2) is 7.08. The van der Waals surface area contributed by atoms with Crippen molar-refractivity contribution in [1.82, 2.24) is 4.98 Å². The third-order valence-electron chi connectivity index (χ3n) is 4.22. The van der Waals surface area contributed by atoms with Gasteiger partial charge in [0.1, 0.15) is 11.6 Å². The maximum Gasteiger partial charge on any atom is 0.336 e. The molecule has 0 atom stereocenters. The Bertz CT molecular complexity index is 1190. The van der Waals surface area contributed by atoms with Gasteiger partial charge >= 0.3 is 5.97 Å². The van der Waals surface area contributed by atoms with Crippen molar-refractivity contribution in [3.8, 4) is 22.8 Å². The third kappa shape index (κ3) is 3.40. The number of benzene rings is 3. The SMILES string of the molecule is O=C(O)c1cc(-c2ccc(Oc3ccccc3F)cc2)nc2ccc(F)cc12. The van der Waals surface area contributed by atoms with Crippen molar-refractivity contribution in [3.05, 3.63) is 90.0 Å². The number of aromatic nitrogens is 1. The maximum atomic E-state index is 13.7. The molecule has 0 aliphatic carbocycles. The molecule has 138 valence electrons. The average molecular weight is 377 g/mol. The Hall–Kier alpha value is -3.80. The largest absolute Gasteiger partial charge is 0.478 e. The number of nitrogens with zero attached hydrogens (tertiary/aromatic N) is 1. The van der Waals surface area contributed by atoms with Gasteiger partial charge in [-0.05, 0) is 60.7 Å². The Labute approximate surface area is 158 Å². The van der Waals surface area contributed by atoms with Gasteiger partial charge < -0.3 is 9.84 Å². The Kier molecular flexibility index (Phi) is 4.45. The summed E-state index contributed by atoms with van der Waals surface area (Å²) in [5.41, 5.74) is 1.41. The Morgan fingerprint density at radius 3 is 2.39 bits per heavy atom. The molecule has 0 spiro atoms. The van der Waals surface area contributed by atoms with Crippen LogP contribution >= 0.6 is 0 Å². The summed E-state index contributed by atoms with van der Waals surface area (Å²) in [6.45, 7) is 0. The number of fused-ring (bicyclic) bond motifs is 1. The van der Waals surface area contributed by atoms with E-state index < -0.39 is 17.6 Å². The molecule has 4 nitrogen and oxygen atoms in total. The normalized spacial score (nSPS) is 10.8. The van der Waals surface area contributed by atoms with E-state index in [1.54, 1.807) is 36.4 Å². The lowest BCUT2D eigenvalue weighted by Gasteiger charge is -2.09. The first-order valence-corrected chi connectivity index (χ1v) is 8.38. The second-order valence-corrected chi connectivity index (χ2v) is 6.08. The van der Waals surface area contributed by atoms with E-state index in [0.29, 0.717) is 22.5 Å². The number of hydrogen-bond donors (Lipinski definition) is 1. The van der Waals surface area contributed by atoms with Crippen LogP contribution in [0, 0.1) is 11.6 Å². The van der Waals surface area contributed by atoms with Crippen molar-refractivity contribution < 1.29 is 23.4 Å². The number of para-hydroxylation sites is 1. The first-order chi connectivity index (χ1) is 13.5. The molecule has 0 unspecified atom stereocenters. The van der Waals surface area contributed by atoms with Crippen molar-refractivity contribution in [2.24, 2.45) is 0 Å². The molecule has 0 fully saturated rings. The molecule has 0 amide bonds. The molecule has 1 N–H and O–H groups in total. The minimum Gasteiger partial charge on any atom is -0.478 e. The van der Waals surface area contributed by atoms with Crippen LogP contribution in [0.1, 0.15) is 10.4 Å². The molecular weight excluding hydrogens is 364 g/mol. The number of carboxylic acid groups (broad SMARTS) is 1. The molecule has 0 aliphatic rings. The minimum atomic E-state index is -1.17. The van der Waals surface area contributed by atoms with E-state index in [0.717, 1.165) is 6.07 Å². The van der Waals surface area contributed by atoms with Gasteiger partial charge in [-0.1, -0.05) is 12.1 Å². The van der Waals surface area contributed by atoms with Crippen molar-refractivity contribution in [1.29, 1.82) is 0 Å². The van der Waals surface area contributed by atoms with Gasteiger partial charge in [-0.15, -0.1) is 0 Å². The topological polar surface area (TPSA) is 59.4 Å². The standard InChI is InChI=1S/C22H13F2NO3/c23-14-7-10-19-16(11-14)17(22(26)27)12-20(25-19)13-5-8-15(9-6-13)28-21-4-2-1-3-18(21)24/h1-12H,(H,26,27). The van der Waals surface area contributed by atoms with Crippen molar-refractivity contribution >= 4 is 16.9 Å². The van der Waals surface area contributed by atoms with Crippen LogP contribution < -0.4 is 4.74 Å². The van der Waals surface area contributed by atoms with Gasteiger partial charge in [0.25, 0.3) is 0 Å². The predicted molar refractivity (Wildman–Crippen MR) is 101 cm³/mol. The first kappa shape index (κ1) is 17.6. The van der Waals surface area contributed by atoms with Crippen LogP contribution in [0.25, 0.3) is 22.2 Å². The van der Waals surface area contributed by atoms with Gasteiger partial charge in [0.05, 0.1) is 16.8 Å². The molecule has 1 aromatic heterocycles. The highest BCUT2D eigenvalue weighted by molar-refractivity contribution is 6.03. The molecular formula is C22H13F2NO3. The van der Waals surface area contributed by atoms with E-state index in [4.69, 9.17) is 4.74 Å². The number of carboxylic acids is 1. The zero-order valence-corrected chi connectivity index (χ0v) is 14.4. The predicted octanol–water partition coefficient (Wildman–Crippen LogP) is 5.67. The maximum absolute atomic E-state index is 13.7. The van der Waals surface area contributed by atoms with Crippen LogP contribution in [0.5, 0.6) is 11.5 Å². The van der Waals surface area contributed by atoms with Crippen LogP contribution in [-0.4, -0.2) is 16.1 Å². The zero-order valence-electron chi connectivity index (χ0n) is 14.4. The Balaban J connectivity index is 1.71. The average Bonchev–Trinajstić information content (AvgIpc) is 2.69. The van der Waals surface area contributed by atoms with E-state index in [-0.39, 0.29) is 16.7 Å². The molecule has 0 saturated carbocycles. The smallest absolute Gasteiger partial charge is 0.336 e. The molecule has 0 saturated heterocycles. The van der Waals surface area contributed by atoms with E-state index in [1.165, 1.54) is 30.3 Å². The number of rotatable bonds is 4. The van der Waals surface area contributed by atoms with Gasteiger partial charge in [0.2, 0.25) is 0 Å². The molecule has 0 bridgehead atoms. The van der Waals surface area contributed by atoms with Gasteiger partial charge in [-0.25, -0.2) is 18.6 Å². The molecule has 3 aromatic carbocycles. The summed E-state index contributed by atoms with van der Waals surface area (Å²) in [5, 5.41) is 9.71. The molecule has 6 heteroatoms. The number of ether oxygens (including phenoxy) is 1. The van der Waals surface area contributed by atoms with Crippen LogP contribution in [0.3, 0.4) is 0 Å². The fourth-order valence-corrected chi connectivity index (χ4v) is 2.87. The number of halogens is 2. The summed E-state index contributed by atoms with van der Waals surface area (Å²) in [7, 11) is 0. The Morgan fingerprint density at radius 2 is 1.68 bits per heavy atom. The van der Waals surface area contributed by atoms with Crippen LogP contribution in [0.2, 0.25) is 0 Å². The lowest BCUT2D eigenvalue weighted by molar-refractivity contribution is 0.0699. The summed E-state index contributed by atoms with van der Waals surface area (Å²) in [4.78, 5) is 16.0. The van der Waals surface area contributed by atoms with Crippen molar-refractivity contribution in [2.45, 2.75) is 0 Å². The van der Waals surface area contributed by atoms with E-state index in [2.05, 4.69) is 4.98 Å². The molecule has 0 aliphatic heterocycles. The van der Waals surface area contributed by atoms with E-state index in [9.17, 15) is 18.7 Å². The quantitative estimate of drug-likeness (QED) is 0.498. The number of pyridine rings is 1. The fourth-order valence-electron chi connectivity index (χ4n) is 2.87. The Morgan fingerprint density at radius 1 is 0.929 bits per heavy atom. The molecule has 0 radical (unpaired) electrons. The second-order valence-electron chi connectivity index (χ2n) is 6.08. The number of aromatic carboxylic acids is 1. The number of carbonyl (C=O) groups is 1. The highest BCUT2D eigenvalue weighted by Crippen LogP contribution is 2.29. The highest BCUT2D eigenvalue weighted by atomic mass is 19.1. The van der Waals surface area contributed by atoms with Gasteiger partial charge in [-0.3, -0.25) is 0 Å². The summed E-state index contributed by atoms with van der Waals surface area (Å²) < 4.78 is 32.7. The summed E-state index contributed by atoms with van der Waals surface area (Å²) in [6.07, 6.45) is 0. The van der Waals surface area contributed by atoms with E-state index >= 15 is 0 Å². The first-order valence-electron chi connectivity index (χ1n) is 8.38. The summed E-state index contributed by atoms with van der Waals surface area (Å²) in [5.74, 6) is -1.64. The van der Waals surface area contributed by atoms with Crippen LogP contribution in [-0.2, 0) is 0 Å². The van der Waals surface area contributed by atoms with E-state index in [1.807, 2.05) is 0 Å². The van der Waals surface area contributed by atoms with Crippen LogP contribution in [0.15, 0.2) is 72.8 Å². The molecule has 28 heavy (non-hydrogen) atoms.